The zero-order valence-electron chi connectivity index (χ0n) is 16.2. The van der Waals surface area contributed by atoms with Gasteiger partial charge in [-0.25, -0.2) is 17.6 Å². The van der Waals surface area contributed by atoms with Crippen LogP contribution >= 0.6 is 0 Å². The van der Waals surface area contributed by atoms with Crippen LogP contribution in [0.25, 0.3) is 0 Å². The largest absolute Gasteiger partial charge is 0.454 e. The van der Waals surface area contributed by atoms with Gasteiger partial charge in [0.15, 0.2) is 22.2 Å². The highest BCUT2D eigenvalue weighted by atomic mass is 32.2. The number of sulfone groups is 1. The van der Waals surface area contributed by atoms with Gasteiger partial charge in [-0.05, 0) is 61.0 Å². The molecule has 154 valence electrons. The molecule has 0 fully saturated rings. The summed E-state index contributed by atoms with van der Waals surface area (Å²) in [6, 6.07) is 17.5. The van der Waals surface area contributed by atoms with Gasteiger partial charge in [-0.2, -0.15) is 0 Å². The molecule has 0 unspecified atom stereocenters. The van der Waals surface area contributed by atoms with E-state index in [4.69, 9.17) is 4.74 Å². The number of carbonyl (C=O) groups excluding carboxylic acids is 2. The number of ketones is 1. The highest BCUT2D eigenvalue weighted by Gasteiger charge is 2.16. The predicted octanol–water partition coefficient (Wildman–Crippen LogP) is 4.15. The monoisotopic (exact) mass is 426 g/mol. The zero-order chi connectivity index (χ0) is 21.7. The third-order valence-electron chi connectivity index (χ3n) is 4.43. The second-order valence-corrected chi connectivity index (χ2v) is 8.76. The molecule has 0 aliphatic rings. The summed E-state index contributed by atoms with van der Waals surface area (Å²) in [5.41, 5.74) is 1.92. The van der Waals surface area contributed by atoms with Gasteiger partial charge in [0.05, 0.1) is 16.2 Å². The molecule has 0 aliphatic carbocycles. The van der Waals surface area contributed by atoms with Gasteiger partial charge >= 0.3 is 5.97 Å². The van der Waals surface area contributed by atoms with E-state index in [2.05, 4.69) is 0 Å². The molecule has 7 heteroatoms. The first-order valence-electron chi connectivity index (χ1n) is 9.09. The Hall–Kier alpha value is -3.32. The van der Waals surface area contributed by atoms with E-state index in [0.717, 1.165) is 17.7 Å². The van der Waals surface area contributed by atoms with Crippen molar-refractivity contribution in [2.24, 2.45) is 0 Å². The summed E-state index contributed by atoms with van der Waals surface area (Å²) in [5, 5.41) is 0. The van der Waals surface area contributed by atoms with Crippen LogP contribution in [0.4, 0.5) is 4.39 Å². The van der Waals surface area contributed by atoms with Crippen molar-refractivity contribution in [3.63, 3.8) is 0 Å². The van der Waals surface area contributed by atoms with Gasteiger partial charge in [0, 0.05) is 5.56 Å². The highest BCUT2D eigenvalue weighted by Crippen LogP contribution is 2.18. The Bertz CT molecular complexity index is 1150. The Morgan fingerprint density at radius 2 is 1.40 bits per heavy atom. The second-order valence-electron chi connectivity index (χ2n) is 6.78. The summed E-state index contributed by atoms with van der Waals surface area (Å²) in [7, 11) is -3.51. The van der Waals surface area contributed by atoms with Crippen molar-refractivity contribution in [1.82, 2.24) is 0 Å². The normalized spacial score (nSPS) is 11.1. The number of hydrogen-bond acceptors (Lipinski definition) is 5. The van der Waals surface area contributed by atoms with Crippen LogP contribution in [-0.4, -0.2) is 26.8 Å². The fraction of sp³-hybridized carbons (Fsp3) is 0.130. The van der Waals surface area contributed by atoms with E-state index in [1.807, 2.05) is 6.92 Å². The topological polar surface area (TPSA) is 77.5 Å². The Morgan fingerprint density at radius 1 is 0.833 bits per heavy atom. The lowest BCUT2D eigenvalue weighted by atomic mass is 10.1. The van der Waals surface area contributed by atoms with E-state index < -0.39 is 34.0 Å². The first-order chi connectivity index (χ1) is 14.2. The SMILES string of the molecule is Cc1ccc(S(=O)(=O)Cc2ccc(C(=O)OCC(=O)c3ccc(F)cc3)cc2)cc1. The Kier molecular flexibility index (Phi) is 6.42. The first kappa shape index (κ1) is 21.4. The van der Waals surface area contributed by atoms with Gasteiger partial charge in [0.2, 0.25) is 0 Å². The maximum absolute atomic E-state index is 12.9. The average molecular weight is 426 g/mol. The van der Waals surface area contributed by atoms with E-state index in [9.17, 15) is 22.4 Å². The van der Waals surface area contributed by atoms with E-state index >= 15 is 0 Å². The number of aryl methyl sites for hydroxylation is 1. The summed E-state index contributed by atoms with van der Waals surface area (Å²) in [6.45, 7) is 1.40. The third kappa shape index (κ3) is 5.39. The lowest BCUT2D eigenvalue weighted by Crippen LogP contribution is -2.14. The molecule has 0 saturated heterocycles. The number of carbonyl (C=O) groups is 2. The van der Waals surface area contributed by atoms with Gasteiger partial charge in [-0.15, -0.1) is 0 Å². The number of halogens is 1. The van der Waals surface area contributed by atoms with Crippen LogP contribution in [-0.2, 0) is 20.3 Å². The van der Waals surface area contributed by atoms with Crippen molar-refractivity contribution in [1.29, 1.82) is 0 Å². The number of esters is 1. The maximum Gasteiger partial charge on any atom is 0.338 e. The minimum absolute atomic E-state index is 0.193. The standard InChI is InChI=1S/C23H19FO5S/c1-16-2-12-21(13-3-16)30(27,28)15-17-4-6-19(7-5-17)23(26)29-14-22(25)18-8-10-20(24)11-9-18/h2-13H,14-15H2,1H3. The molecule has 3 aromatic rings. The fourth-order valence-electron chi connectivity index (χ4n) is 2.72. The first-order valence-corrected chi connectivity index (χ1v) is 10.7. The highest BCUT2D eigenvalue weighted by molar-refractivity contribution is 7.90. The summed E-state index contributed by atoms with van der Waals surface area (Å²) in [6.07, 6.45) is 0. The summed E-state index contributed by atoms with van der Waals surface area (Å²) in [5.74, 6) is -1.83. The molecule has 0 heterocycles. The van der Waals surface area contributed by atoms with Crippen molar-refractivity contribution >= 4 is 21.6 Å². The van der Waals surface area contributed by atoms with Crippen molar-refractivity contribution in [2.45, 2.75) is 17.6 Å². The van der Waals surface area contributed by atoms with Crippen LogP contribution in [0.3, 0.4) is 0 Å². The molecule has 3 aromatic carbocycles. The van der Waals surface area contributed by atoms with Crippen molar-refractivity contribution < 1.29 is 27.1 Å². The van der Waals surface area contributed by atoms with E-state index in [-0.39, 0.29) is 21.8 Å². The molecular weight excluding hydrogens is 407 g/mol. The minimum Gasteiger partial charge on any atom is -0.454 e. The minimum atomic E-state index is -3.51. The van der Waals surface area contributed by atoms with Crippen LogP contribution in [0.1, 0.15) is 31.8 Å². The average Bonchev–Trinajstić information content (AvgIpc) is 2.73. The molecule has 0 radical (unpaired) electrons. The molecule has 0 aromatic heterocycles. The second kappa shape index (κ2) is 9.00. The van der Waals surface area contributed by atoms with Gasteiger partial charge in [0.1, 0.15) is 5.82 Å². The molecule has 0 spiro atoms. The lowest BCUT2D eigenvalue weighted by Gasteiger charge is -2.07. The summed E-state index contributed by atoms with van der Waals surface area (Å²) in [4.78, 5) is 24.4. The van der Waals surface area contributed by atoms with Crippen molar-refractivity contribution in [3.05, 3.63) is 101 Å². The Labute approximate surface area is 174 Å². The molecule has 0 N–H and O–H groups in total. The fourth-order valence-corrected chi connectivity index (χ4v) is 4.07. The van der Waals surface area contributed by atoms with Gasteiger partial charge in [-0.3, -0.25) is 4.79 Å². The third-order valence-corrected chi connectivity index (χ3v) is 6.13. The number of ether oxygens (including phenoxy) is 1. The van der Waals surface area contributed by atoms with Gasteiger partial charge in [0.25, 0.3) is 0 Å². The summed E-state index contributed by atoms with van der Waals surface area (Å²) >= 11 is 0. The van der Waals surface area contributed by atoms with E-state index in [0.29, 0.717) is 5.56 Å². The molecule has 5 nitrogen and oxygen atoms in total. The molecule has 0 amide bonds. The van der Waals surface area contributed by atoms with Crippen molar-refractivity contribution in [2.75, 3.05) is 6.61 Å². The lowest BCUT2D eigenvalue weighted by molar-refractivity contribution is 0.0474. The van der Waals surface area contributed by atoms with Crippen LogP contribution < -0.4 is 0 Å². The number of benzene rings is 3. The van der Waals surface area contributed by atoms with E-state index in [1.54, 1.807) is 24.3 Å². The van der Waals surface area contributed by atoms with E-state index in [1.165, 1.54) is 36.4 Å². The number of Topliss-reactive ketones (excluding diaryl/α,β-unsaturated/α-hetero) is 1. The summed E-state index contributed by atoms with van der Waals surface area (Å²) < 4.78 is 42.9. The molecule has 0 atom stereocenters. The smallest absolute Gasteiger partial charge is 0.338 e. The molecule has 3 rings (SSSR count). The molecule has 30 heavy (non-hydrogen) atoms. The van der Waals surface area contributed by atoms with Crippen molar-refractivity contribution in [3.8, 4) is 0 Å². The number of hydrogen-bond donors (Lipinski definition) is 0. The quantitative estimate of drug-likeness (QED) is 0.419. The molecule has 0 saturated carbocycles. The Balaban J connectivity index is 1.60. The molecule has 0 aliphatic heterocycles. The maximum atomic E-state index is 12.9. The Morgan fingerprint density at radius 3 is 2.00 bits per heavy atom. The van der Waals surface area contributed by atoms with Crippen LogP contribution in [0.2, 0.25) is 0 Å². The predicted molar refractivity (Wildman–Crippen MR) is 110 cm³/mol. The van der Waals surface area contributed by atoms with Gasteiger partial charge < -0.3 is 4.74 Å². The van der Waals surface area contributed by atoms with Crippen LogP contribution in [0, 0.1) is 12.7 Å². The zero-order valence-corrected chi connectivity index (χ0v) is 17.0. The molecule has 0 bridgehead atoms. The van der Waals surface area contributed by atoms with Crippen LogP contribution in [0.5, 0.6) is 0 Å². The number of rotatable bonds is 7. The van der Waals surface area contributed by atoms with Crippen LogP contribution in [0.15, 0.2) is 77.7 Å². The van der Waals surface area contributed by atoms with Gasteiger partial charge in [-0.1, -0.05) is 29.8 Å². The molecular formula is C23H19FO5S.